The van der Waals surface area contributed by atoms with E-state index in [4.69, 9.17) is 0 Å². The van der Waals surface area contributed by atoms with Crippen LogP contribution in [-0.2, 0) is 0 Å². The zero-order valence-electron chi connectivity index (χ0n) is 8.34. The zero-order valence-corrected chi connectivity index (χ0v) is 8.34. The highest BCUT2D eigenvalue weighted by atomic mass is 14.6. The highest BCUT2D eigenvalue weighted by Crippen LogP contribution is 2.62. The van der Waals surface area contributed by atoms with Crippen molar-refractivity contribution in [3.8, 4) is 0 Å². The molecule has 1 unspecified atom stereocenters. The Bertz CT molecular complexity index is 192. The molecular formula is C12H20. The molecule has 0 nitrogen and oxygen atoms in total. The fourth-order valence-corrected chi connectivity index (χ4v) is 4.70. The summed E-state index contributed by atoms with van der Waals surface area (Å²) >= 11 is 0. The molecule has 0 spiro atoms. The first kappa shape index (κ1) is 7.41. The summed E-state index contributed by atoms with van der Waals surface area (Å²) in [5, 5.41) is 0. The molecule has 4 aliphatic carbocycles. The van der Waals surface area contributed by atoms with E-state index in [1.54, 1.807) is 32.1 Å². The molecule has 0 radical (unpaired) electrons. The van der Waals surface area contributed by atoms with Crippen molar-refractivity contribution in [1.29, 1.82) is 0 Å². The molecule has 0 saturated heterocycles. The maximum absolute atomic E-state index is 2.56. The predicted octanol–water partition coefficient (Wildman–Crippen LogP) is 3.47. The summed E-state index contributed by atoms with van der Waals surface area (Å²) in [4.78, 5) is 0. The van der Waals surface area contributed by atoms with E-state index in [1.165, 1.54) is 0 Å². The van der Waals surface area contributed by atoms with Crippen molar-refractivity contribution in [3.63, 3.8) is 0 Å². The van der Waals surface area contributed by atoms with Crippen LogP contribution in [-0.4, -0.2) is 0 Å². The summed E-state index contributed by atoms with van der Waals surface area (Å²) in [5.74, 6) is 4.40. The van der Waals surface area contributed by atoms with Gasteiger partial charge in [-0.3, -0.25) is 0 Å². The molecule has 4 fully saturated rings. The Labute approximate surface area is 75.7 Å². The van der Waals surface area contributed by atoms with Crippen molar-refractivity contribution in [2.75, 3.05) is 0 Å². The number of rotatable bonds is 0. The average molecular weight is 164 g/mol. The minimum absolute atomic E-state index is 0.759. The van der Waals surface area contributed by atoms with Gasteiger partial charge in [0.2, 0.25) is 0 Å². The van der Waals surface area contributed by atoms with Gasteiger partial charge in [0.05, 0.1) is 0 Å². The summed E-state index contributed by atoms with van der Waals surface area (Å²) in [6, 6.07) is 0. The summed E-state index contributed by atoms with van der Waals surface area (Å²) < 4.78 is 0. The van der Waals surface area contributed by atoms with Crippen molar-refractivity contribution in [1.82, 2.24) is 0 Å². The van der Waals surface area contributed by atoms with Crippen LogP contribution >= 0.6 is 0 Å². The van der Waals surface area contributed by atoms with E-state index in [2.05, 4.69) is 13.8 Å². The first-order chi connectivity index (χ1) is 5.67. The summed E-state index contributed by atoms with van der Waals surface area (Å²) in [5.41, 5.74) is 0.759. The van der Waals surface area contributed by atoms with Gasteiger partial charge in [0, 0.05) is 0 Å². The van der Waals surface area contributed by atoms with Gasteiger partial charge < -0.3 is 0 Å². The van der Waals surface area contributed by atoms with Crippen LogP contribution in [0.3, 0.4) is 0 Å². The topological polar surface area (TPSA) is 0 Å². The third-order valence-electron chi connectivity index (χ3n) is 5.26. The molecule has 0 aliphatic heterocycles. The van der Waals surface area contributed by atoms with Crippen LogP contribution in [0.1, 0.15) is 46.0 Å². The molecule has 4 saturated carbocycles. The molecule has 0 aromatic heterocycles. The molecule has 0 heterocycles. The van der Waals surface area contributed by atoms with Gasteiger partial charge in [0.25, 0.3) is 0 Å². The molecule has 12 heavy (non-hydrogen) atoms. The Kier molecular flexibility index (Phi) is 1.28. The molecule has 3 atom stereocenters. The largest absolute Gasteiger partial charge is 0.0617 e. The van der Waals surface area contributed by atoms with E-state index in [0.29, 0.717) is 0 Å². The van der Waals surface area contributed by atoms with Gasteiger partial charge in [-0.15, -0.1) is 0 Å². The molecule has 0 N–H and O–H groups in total. The Hall–Kier alpha value is 0. The fourth-order valence-electron chi connectivity index (χ4n) is 4.70. The lowest BCUT2D eigenvalue weighted by Crippen LogP contribution is -2.50. The van der Waals surface area contributed by atoms with Gasteiger partial charge >= 0.3 is 0 Å². The Morgan fingerprint density at radius 1 is 1.00 bits per heavy atom. The van der Waals surface area contributed by atoms with Gasteiger partial charge in [-0.05, 0) is 61.2 Å². The van der Waals surface area contributed by atoms with Gasteiger partial charge in [-0.1, -0.05) is 13.8 Å². The van der Waals surface area contributed by atoms with Crippen LogP contribution in [0.15, 0.2) is 0 Å². The molecule has 0 aromatic carbocycles. The molecule has 68 valence electrons. The molecular weight excluding hydrogens is 144 g/mol. The van der Waals surface area contributed by atoms with E-state index in [0.717, 1.165) is 29.1 Å². The maximum atomic E-state index is 2.56. The van der Waals surface area contributed by atoms with Gasteiger partial charge in [0.15, 0.2) is 0 Å². The van der Waals surface area contributed by atoms with E-state index in [1.807, 2.05) is 0 Å². The fraction of sp³-hybridized carbons (Fsp3) is 1.00. The zero-order chi connectivity index (χ0) is 8.34. The molecule has 0 heteroatoms. The first-order valence-electron chi connectivity index (χ1n) is 5.67. The standard InChI is InChI=1S/C12H20/c1-8-11-4-9-3-10(5-11)7-12(8,2)6-9/h8-11H,3-7H2,1-2H3/t8?,9-,10-,11?,12?/m0/s1. The van der Waals surface area contributed by atoms with Crippen LogP contribution in [0.2, 0.25) is 0 Å². The summed E-state index contributed by atoms with van der Waals surface area (Å²) in [7, 11) is 0. The van der Waals surface area contributed by atoms with Gasteiger partial charge in [0.1, 0.15) is 0 Å². The third-order valence-corrected chi connectivity index (χ3v) is 5.26. The lowest BCUT2D eigenvalue weighted by molar-refractivity contribution is -0.0906. The van der Waals surface area contributed by atoms with Gasteiger partial charge in [-0.25, -0.2) is 0 Å². The SMILES string of the molecule is CC1C2C[C@@H]3C[C@@H](C2)CC1(C)C3. The third kappa shape index (κ3) is 0.791. The van der Waals surface area contributed by atoms with E-state index >= 15 is 0 Å². The molecule has 4 bridgehead atoms. The second kappa shape index (κ2) is 2.08. The normalized spacial score (nSPS) is 62.5. The molecule has 4 rings (SSSR count). The predicted molar refractivity (Wildman–Crippen MR) is 50.8 cm³/mol. The van der Waals surface area contributed by atoms with Crippen LogP contribution in [0, 0.1) is 29.1 Å². The second-order valence-corrected chi connectivity index (χ2v) is 6.05. The number of hydrogen-bond donors (Lipinski definition) is 0. The average Bonchev–Trinajstić information content (AvgIpc) is 1.98. The van der Waals surface area contributed by atoms with Crippen molar-refractivity contribution < 1.29 is 0 Å². The monoisotopic (exact) mass is 164 g/mol. The highest BCUT2D eigenvalue weighted by molar-refractivity contribution is 5.02. The maximum Gasteiger partial charge on any atom is -0.0292 e. The minimum atomic E-state index is 0.759. The van der Waals surface area contributed by atoms with Crippen LogP contribution < -0.4 is 0 Å². The van der Waals surface area contributed by atoms with Crippen LogP contribution in [0.4, 0.5) is 0 Å². The molecule has 4 aliphatic rings. The summed E-state index contributed by atoms with van der Waals surface area (Å²) in [6.45, 7) is 5.07. The summed E-state index contributed by atoms with van der Waals surface area (Å²) in [6.07, 6.45) is 7.85. The van der Waals surface area contributed by atoms with Crippen molar-refractivity contribution in [2.45, 2.75) is 46.0 Å². The van der Waals surface area contributed by atoms with Gasteiger partial charge in [-0.2, -0.15) is 0 Å². The minimum Gasteiger partial charge on any atom is -0.0617 e. The first-order valence-corrected chi connectivity index (χ1v) is 5.67. The smallest absolute Gasteiger partial charge is 0.0292 e. The van der Waals surface area contributed by atoms with Crippen molar-refractivity contribution in [3.05, 3.63) is 0 Å². The Morgan fingerprint density at radius 3 is 2.08 bits per heavy atom. The van der Waals surface area contributed by atoms with E-state index in [9.17, 15) is 0 Å². The quantitative estimate of drug-likeness (QED) is 0.514. The van der Waals surface area contributed by atoms with Crippen LogP contribution in [0.5, 0.6) is 0 Å². The van der Waals surface area contributed by atoms with E-state index < -0.39 is 0 Å². The highest BCUT2D eigenvalue weighted by Gasteiger charge is 2.52. The Balaban J connectivity index is 1.97. The number of hydrogen-bond acceptors (Lipinski definition) is 0. The molecule has 0 amide bonds. The lowest BCUT2D eigenvalue weighted by Gasteiger charge is -2.59. The second-order valence-electron chi connectivity index (χ2n) is 6.05. The van der Waals surface area contributed by atoms with Crippen molar-refractivity contribution >= 4 is 0 Å². The lowest BCUT2D eigenvalue weighted by atomic mass is 9.46. The van der Waals surface area contributed by atoms with E-state index in [-0.39, 0.29) is 0 Å². The van der Waals surface area contributed by atoms with Crippen molar-refractivity contribution in [2.24, 2.45) is 29.1 Å². The van der Waals surface area contributed by atoms with Crippen LogP contribution in [0.25, 0.3) is 0 Å². The molecule has 0 aromatic rings. The Morgan fingerprint density at radius 2 is 1.58 bits per heavy atom.